The molecule has 1 saturated heterocycles. The van der Waals surface area contributed by atoms with Crippen LogP contribution in [0.1, 0.15) is 48.9 Å². The van der Waals surface area contributed by atoms with Crippen LogP contribution >= 0.6 is 0 Å². The third-order valence-electron chi connectivity index (χ3n) is 6.05. The number of carbonyl (C=O) groups is 2. The van der Waals surface area contributed by atoms with E-state index < -0.39 is 5.97 Å². The lowest BCUT2D eigenvalue weighted by atomic mass is 9.86. The molecule has 0 spiro atoms. The Morgan fingerprint density at radius 2 is 2.16 bits per heavy atom. The van der Waals surface area contributed by atoms with E-state index in [9.17, 15) is 14.7 Å². The molecule has 1 aromatic heterocycles. The van der Waals surface area contributed by atoms with E-state index in [1.54, 1.807) is 17.1 Å². The smallest absolute Gasteiger partial charge is 0.306 e. The van der Waals surface area contributed by atoms with E-state index >= 15 is 0 Å². The molecule has 0 radical (unpaired) electrons. The van der Waals surface area contributed by atoms with Gasteiger partial charge in [-0.15, -0.1) is 0 Å². The first-order valence-electron chi connectivity index (χ1n) is 9.28. The molecule has 2 aliphatic carbocycles. The molecule has 4 rings (SSSR count). The SMILES string of the molecule is O=C(N[C@@H]1C[C@H]2C[C@@H]1C[C@H]2C(=O)O)c1cnn(CC2CCCCO2)c1. The number of ether oxygens (including phenoxy) is 1. The van der Waals surface area contributed by atoms with Crippen LogP contribution in [0.5, 0.6) is 0 Å². The molecule has 3 aliphatic rings. The summed E-state index contributed by atoms with van der Waals surface area (Å²) < 4.78 is 7.50. The second-order valence-electron chi connectivity index (χ2n) is 7.69. The van der Waals surface area contributed by atoms with Gasteiger partial charge in [-0.1, -0.05) is 0 Å². The molecule has 1 aromatic rings. The van der Waals surface area contributed by atoms with Gasteiger partial charge in [-0.25, -0.2) is 0 Å². The molecule has 2 bridgehead atoms. The third-order valence-corrected chi connectivity index (χ3v) is 6.05. The average Bonchev–Trinajstić information content (AvgIpc) is 3.31. The number of carbonyl (C=O) groups excluding carboxylic acids is 1. The number of carboxylic acids is 1. The number of hydrogen-bond acceptors (Lipinski definition) is 4. The molecule has 1 unspecified atom stereocenters. The normalized spacial score (nSPS) is 34.2. The zero-order valence-electron chi connectivity index (χ0n) is 14.3. The molecule has 0 aromatic carbocycles. The van der Waals surface area contributed by atoms with E-state index in [0.29, 0.717) is 24.4 Å². The molecule has 1 amide bonds. The highest BCUT2D eigenvalue weighted by molar-refractivity contribution is 5.94. The number of nitrogens with zero attached hydrogens (tertiary/aromatic N) is 2. The van der Waals surface area contributed by atoms with Crippen molar-refractivity contribution in [3.05, 3.63) is 18.0 Å². The second kappa shape index (κ2) is 6.78. The maximum absolute atomic E-state index is 12.5. The van der Waals surface area contributed by atoms with Crippen LogP contribution in [0.25, 0.3) is 0 Å². The minimum absolute atomic E-state index is 0.0955. The highest BCUT2D eigenvalue weighted by Gasteiger charge is 2.49. The molecule has 5 atom stereocenters. The number of rotatable bonds is 5. The van der Waals surface area contributed by atoms with Crippen molar-refractivity contribution < 1.29 is 19.4 Å². The predicted molar refractivity (Wildman–Crippen MR) is 89.0 cm³/mol. The van der Waals surface area contributed by atoms with Crippen LogP contribution in [0.3, 0.4) is 0 Å². The Bertz CT molecular complexity index is 653. The van der Waals surface area contributed by atoms with Crippen LogP contribution < -0.4 is 5.32 Å². The van der Waals surface area contributed by atoms with Crippen LogP contribution in [-0.4, -0.2) is 45.5 Å². The minimum atomic E-state index is -0.691. The summed E-state index contributed by atoms with van der Waals surface area (Å²) in [6.07, 6.45) is 9.28. The van der Waals surface area contributed by atoms with Crippen molar-refractivity contribution in [2.24, 2.45) is 17.8 Å². The number of aromatic nitrogens is 2. The number of hydrogen-bond donors (Lipinski definition) is 2. The number of fused-ring (bicyclic) bond motifs is 2. The number of amides is 1. The zero-order chi connectivity index (χ0) is 17.4. The van der Waals surface area contributed by atoms with E-state index in [4.69, 9.17) is 4.74 Å². The van der Waals surface area contributed by atoms with Gasteiger partial charge < -0.3 is 15.2 Å². The molecule has 2 heterocycles. The summed E-state index contributed by atoms with van der Waals surface area (Å²) >= 11 is 0. The lowest BCUT2D eigenvalue weighted by molar-refractivity contribution is -0.143. The third kappa shape index (κ3) is 3.42. The van der Waals surface area contributed by atoms with Crippen LogP contribution in [0, 0.1) is 17.8 Å². The summed E-state index contributed by atoms with van der Waals surface area (Å²) in [6.45, 7) is 1.49. The molecule has 2 N–H and O–H groups in total. The van der Waals surface area contributed by atoms with Crippen LogP contribution in [-0.2, 0) is 16.1 Å². The Morgan fingerprint density at radius 1 is 1.28 bits per heavy atom. The van der Waals surface area contributed by atoms with Crippen molar-refractivity contribution in [1.29, 1.82) is 0 Å². The van der Waals surface area contributed by atoms with Gasteiger partial charge >= 0.3 is 5.97 Å². The molecule has 3 fully saturated rings. The van der Waals surface area contributed by atoms with E-state index in [0.717, 1.165) is 32.3 Å². The maximum atomic E-state index is 12.5. The Balaban J connectivity index is 1.31. The number of carboxylic acid groups (broad SMARTS) is 1. The largest absolute Gasteiger partial charge is 0.481 e. The summed E-state index contributed by atoms with van der Waals surface area (Å²) in [5.74, 6) is -0.528. The molecule has 2 saturated carbocycles. The summed E-state index contributed by atoms with van der Waals surface area (Å²) in [7, 11) is 0. The summed E-state index contributed by atoms with van der Waals surface area (Å²) in [5.41, 5.74) is 0.563. The lowest BCUT2D eigenvalue weighted by Crippen LogP contribution is -2.40. The topological polar surface area (TPSA) is 93.5 Å². The first kappa shape index (κ1) is 16.6. The first-order chi connectivity index (χ1) is 12.1. The Morgan fingerprint density at radius 3 is 2.84 bits per heavy atom. The van der Waals surface area contributed by atoms with E-state index in [1.807, 2.05) is 0 Å². The van der Waals surface area contributed by atoms with Gasteiger partial charge in [0.05, 0.1) is 30.3 Å². The fourth-order valence-electron chi connectivity index (χ4n) is 4.75. The van der Waals surface area contributed by atoms with E-state index in [1.165, 1.54) is 6.42 Å². The summed E-state index contributed by atoms with van der Waals surface area (Å²) in [6, 6.07) is 0.0955. The van der Waals surface area contributed by atoms with Crippen LogP contribution in [0.15, 0.2) is 12.4 Å². The highest BCUT2D eigenvalue weighted by Crippen LogP contribution is 2.48. The van der Waals surface area contributed by atoms with Gasteiger partial charge in [0, 0.05) is 18.8 Å². The van der Waals surface area contributed by atoms with Gasteiger partial charge in [-0.3, -0.25) is 14.3 Å². The van der Waals surface area contributed by atoms with Crippen molar-refractivity contribution in [1.82, 2.24) is 15.1 Å². The molecule has 25 heavy (non-hydrogen) atoms. The molecule has 136 valence electrons. The van der Waals surface area contributed by atoms with Gasteiger partial charge in [-0.05, 0) is 50.4 Å². The molecular formula is C18H25N3O4. The van der Waals surface area contributed by atoms with Gasteiger partial charge in [0.15, 0.2) is 0 Å². The fraction of sp³-hybridized carbons (Fsp3) is 0.722. The molecule has 1 aliphatic heterocycles. The van der Waals surface area contributed by atoms with E-state index in [-0.39, 0.29) is 29.9 Å². The second-order valence-corrected chi connectivity index (χ2v) is 7.69. The quantitative estimate of drug-likeness (QED) is 0.845. The Labute approximate surface area is 146 Å². The standard InChI is InChI=1S/C18H25N3O4/c22-17(20-16-7-11-5-12(16)6-15(11)18(23)24)13-8-19-21(9-13)10-14-3-1-2-4-25-14/h8-9,11-12,14-16H,1-7,10H2,(H,20,22)(H,23,24)/t11-,12-,14?,15-,16-/m1/s1. The summed E-state index contributed by atoms with van der Waals surface area (Å²) in [5, 5.41) is 16.6. The highest BCUT2D eigenvalue weighted by atomic mass is 16.5. The molecular weight excluding hydrogens is 322 g/mol. The van der Waals surface area contributed by atoms with Gasteiger partial charge in [0.25, 0.3) is 5.91 Å². The zero-order valence-corrected chi connectivity index (χ0v) is 14.3. The van der Waals surface area contributed by atoms with Gasteiger partial charge in [0.1, 0.15) is 0 Å². The van der Waals surface area contributed by atoms with Crippen molar-refractivity contribution >= 4 is 11.9 Å². The van der Waals surface area contributed by atoms with E-state index in [2.05, 4.69) is 10.4 Å². The predicted octanol–water partition coefficient (Wildman–Crippen LogP) is 1.68. The Hall–Kier alpha value is -1.89. The summed E-state index contributed by atoms with van der Waals surface area (Å²) in [4.78, 5) is 23.7. The van der Waals surface area contributed by atoms with Crippen molar-refractivity contribution in [3.8, 4) is 0 Å². The minimum Gasteiger partial charge on any atom is -0.481 e. The van der Waals surface area contributed by atoms with Crippen molar-refractivity contribution in [2.75, 3.05) is 6.61 Å². The van der Waals surface area contributed by atoms with Gasteiger partial charge in [-0.2, -0.15) is 5.10 Å². The first-order valence-corrected chi connectivity index (χ1v) is 9.28. The van der Waals surface area contributed by atoms with Crippen molar-refractivity contribution in [3.63, 3.8) is 0 Å². The van der Waals surface area contributed by atoms with Gasteiger partial charge in [0.2, 0.25) is 0 Å². The average molecular weight is 347 g/mol. The maximum Gasteiger partial charge on any atom is 0.306 e. The number of aliphatic carboxylic acids is 1. The lowest BCUT2D eigenvalue weighted by Gasteiger charge is -2.26. The fourth-order valence-corrected chi connectivity index (χ4v) is 4.75. The van der Waals surface area contributed by atoms with Crippen LogP contribution in [0.2, 0.25) is 0 Å². The molecule has 7 nitrogen and oxygen atoms in total. The monoisotopic (exact) mass is 347 g/mol. The van der Waals surface area contributed by atoms with Crippen LogP contribution in [0.4, 0.5) is 0 Å². The number of nitrogens with one attached hydrogen (secondary N) is 1. The van der Waals surface area contributed by atoms with Crippen molar-refractivity contribution in [2.45, 2.75) is 57.2 Å². The Kier molecular flexibility index (Phi) is 4.50. The molecule has 7 heteroatoms.